The highest BCUT2D eigenvalue weighted by atomic mass is 32.2. The molecular formula is C13H19NS. The van der Waals surface area contributed by atoms with Crippen molar-refractivity contribution in [2.45, 2.75) is 36.8 Å². The third kappa shape index (κ3) is 2.56. The van der Waals surface area contributed by atoms with Crippen LogP contribution in [0.1, 0.15) is 25.8 Å². The van der Waals surface area contributed by atoms with Crippen molar-refractivity contribution < 1.29 is 0 Å². The molecular weight excluding hydrogens is 202 g/mol. The molecule has 0 aromatic heterocycles. The maximum Gasteiger partial charge on any atom is 0.0141 e. The van der Waals surface area contributed by atoms with Crippen LogP contribution >= 0.6 is 11.8 Å². The smallest absolute Gasteiger partial charge is 0.0141 e. The van der Waals surface area contributed by atoms with Crippen LogP contribution < -0.4 is 5.73 Å². The SMILES string of the molecule is CC(C)(CN)CC1Cc2ccccc2S1. The Morgan fingerprint density at radius 2 is 2.13 bits per heavy atom. The molecule has 0 saturated heterocycles. The van der Waals surface area contributed by atoms with E-state index in [-0.39, 0.29) is 5.41 Å². The zero-order valence-electron chi connectivity index (χ0n) is 9.49. The zero-order chi connectivity index (χ0) is 10.9. The fraction of sp³-hybridized carbons (Fsp3) is 0.538. The summed E-state index contributed by atoms with van der Waals surface area (Å²) >= 11 is 2.02. The van der Waals surface area contributed by atoms with Gasteiger partial charge in [0.05, 0.1) is 0 Å². The van der Waals surface area contributed by atoms with Crippen molar-refractivity contribution in [2.75, 3.05) is 6.54 Å². The molecule has 1 aromatic carbocycles. The maximum atomic E-state index is 5.78. The molecule has 0 aliphatic carbocycles. The average Bonchev–Trinajstić information content (AvgIpc) is 2.58. The fourth-order valence-electron chi connectivity index (χ4n) is 2.07. The average molecular weight is 221 g/mol. The van der Waals surface area contributed by atoms with Gasteiger partial charge in [-0.05, 0) is 36.4 Å². The zero-order valence-corrected chi connectivity index (χ0v) is 10.3. The highest BCUT2D eigenvalue weighted by Gasteiger charge is 2.27. The van der Waals surface area contributed by atoms with Gasteiger partial charge in [-0.15, -0.1) is 11.8 Å². The van der Waals surface area contributed by atoms with Crippen molar-refractivity contribution in [2.24, 2.45) is 11.1 Å². The van der Waals surface area contributed by atoms with Gasteiger partial charge in [-0.2, -0.15) is 0 Å². The van der Waals surface area contributed by atoms with E-state index in [2.05, 4.69) is 38.1 Å². The molecule has 0 amide bonds. The predicted molar refractivity (Wildman–Crippen MR) is 67.2 cm³/mol. The second kappa shape index (κ2) is 4.18. The number of thioether (sulfide) groups is 1. The van der Waals surface area contributed by atoms with Crippen LogP contribution in [0.4, 0.5) is 0 Å². The lowest BCUT2D eigenvalue weighted by Crippen LogP contribution is -2.27. The van der Waals surface area contributed by atoms with E-state index in [1.54, 1.807) is 0 Å². The van der Waals surface area contributed by atoms with Gasteiger partial charge < -0.3 is 5.73 Å². The molecule has 1 aliphatic rings. The molecule has 15 heavy (non-hydrogen) atoms. The standard InChI is InChI=1S/C13H19NS/c1-13(2,9-14)8-11-7-10-5-3-4-6-12(10)15-11/h3-6,11H,7-9,14H2,1-2H3. The Hall–Kier alpha value is -0.470. The first-order chi connectivity index (χ1) is 7.11. The van der Waals surface area contributed by atoms with Gasteiger partial charge >= 0.3 is 0 Å². The third-order valence-corrected chi connectivity index (χ3v) is 4.37. The van der Waals surface area contributed by atoms with E-state index in [9.17, 15) is 0 Å². The molecule has 1 aliphatic heterocycles. The van der Waals surface area contributed by atoms with E-state index in [1.165, 1.54) is 23.3 Å². The van der Waals surface area contributed by atoms with E-state index >= 15 is 0 Å². The number of fused-ring (bicyclic) bond motifs is 1. The van der Waals surface area contributed by atoms with Crippen molar-refractivity contribution in [3.63, 3.8) is 0 Å². The molecule has 2 N–H and O–H groups in total. The number of rotatable bonds is 3. The summed E-state index contributed by atoms with van der Waals surface area (Å²) in [6, 6.07) is 8.74. The van der Waals surface area contributed by atoms with Crippen molar-refractivity contribution in [1.82, 2.24) is 0 Å². The van der Waals surface area contributed by atoms with Gasteiger partial charge in [0.2, 0.25) is 0 Å². The molecule has 1 heterocycles. The second-order valence-corrected chi connectivity index (χ2v) is 6.47. The Morgan fingerprint density at radius 1 is 1.40 bits per heavy atom. The minimum Gasteiger partial charge on any atom is -0.330 e. The molecule has 0 spiro atoms. The summed E-state index contributed by atoms with van der Waals surface area (Å²) in [5, 5.41) is 0.723. The van der Waals surface area contributed by atoms with E-state index < -0.39 is 0 Å². The van der Waals surface area contributed by atoms with Crippen molar-refractivity contribution in [3.8, 4) is 0 Å². The summed E-state index contributed by atoms with van der Waals surface area (Å²) in [7, 11) is 0. The highest BCUT2D eigenvalue weighted by molar-refractivity contribution is 8.00. The van der Waals surface area contributed by atoms with E-state index in [0.717, 1.165) is 11.8 Å². The molecule has 1 unspecified atom stereocenters. The lowest BCUT2D eigenvalue weighted by atomic mass is 9.86. The summed E-state index contributed by atoms with van der Waals surface area (Å²) in [5.41, 5.74) is 7.57. The van der Waals surface area contributed by atoms with E-state index in [1.807, 2.05) is 11.8 Å². The van der Waals surface area contributed by atoms with Gasteiger partial charge in [-0.25, -0.2) is 0 Å². The Bertz CT molecular complexity index is 321. The monoisotopic (exact) mass is 221 g/mol. The number of hydrogen-bond donors (Lipinski definition) is 1. The van der Waals surface area contributed by atoms with Crippen LogP contribution in [0.25, 0.3) is 0 Å². The molecule has 1 aromatic rings. The summed E-state index contributed by atoms with van der Waals surface area (Å²) in [5.74, 6) is 0. The minimum atomic E-state index is 0.277. The first-order valence-electron chi connectivity index (χ1n) is 5.55. The van der Waals surface area contributed by atoms with Gasteiger partial charge in [-0.1, -0.05) is 32.0 Å². The van der Waals surface area contributed by atoms with Crippen LogP contribution in [0.5, 0.6) is 0 Å². The van der Waals surface area contributed by atoms with Crippen LogP contribution in [0.3, 0.4) is 0 Å². The molecule has 0 fully saturated rings. The Kier molecular flexibility index (Phi) is 3.08. The topological polar surface area (TPSA) is 26.0 Å². The van der Waals surface area contributed by atoms with Gasteiger partial charge in [-0.3, -0.25) is 0 Å². The van der Waals surface area contributed by atoms with Crippen molar-refractivity contribution in [1.29, 1.82) is 0 Å². The third-order valence-electron chi connectivity index (χ3n) is 3.05. The molecule has 1 nitrogen and oxygen atoms in total. The molecule has 0 saturated carbocycles. The van der Waals surface area contributed by atoms with Crippen LogP contribution in [0.15, 0.2) is 29.2 Å². The van der Waals surface area contributed by atoms with Crippen molar-refractivity contribution in [3.05, 3.63) is 29.8 Å². The summed E-state index contributed by atoms with van der Waals surface area (Å²) in [6.07, 6.45) is 2.42. The van der Waals surface area contributed by atoms with Crippen LogP contribution in [-0.4, -0.2) is 11.8 Å². The van der Waals surface area contributed by atoms with E-state index in [4.69, 9.17) is 5.73 Å². The minimum absolute atomic E-state index is 0.277. The molecule has 0 radical (unpaired) electrons. The number of benzene rings is 1. The van der Waals surface area contributed by atoms with Gasteiger partial charge in [0.15, 0.2) is 0 Å². The quantitative estimate of drug-likeness (QED) is 0.849. The lowest BCUT2D eigenvalue weighted by Gasteiger charge is -2.25. The Balaban J connectivity index is 2.02. The largest absolute Gasteiger partial charge is 0.330 e. The molecule has 0 bridgehead atoms. The predicted octanol–water partition coefficient (Wildman–Crippen LogP) is 3.08. The molecule has 1 atom stereocenters. The number of hydrogen-bond acceptors (Lipinski definition) is 2. The lowest BCUT2D eigenvalue weighted by molar-refractivity contribution is 0.343. The summed E-state index contributed by atoms with van der Waals surface area (Å²) in [6.45, 7) is 5.30. The van der Waals surface area contributed by atoms with Gasteiger partial charge in [0.25, 0.3) is 0 Å². The second-order valence-electron chi connectivity index (χ2n) is 5.12. The molecule has 2 heteroatoms. The van der Waals surface area contributed by atoms with Gasteiger partial charge in [0, 0.05) is 10.1 Å². The van der Waals surface area contributed by atoms with E-state index in [0.29, 0.717) is 0 Å². The van der Waals surface area contributed by atoms with Crippen LogP contribution in [0, 0.1) is 5.41 Å². The normalized spacial score (nSPS) is 20.3. The Labute approximate surface area is 96.4 Å². The summed E-state index contributed by atoms with van der Waals surface area (Å²) in [4.78, 5) is 1.47. The highest BCUT2D eigenvalue weighted by Crippen LogP contribution is 2.41. The first-order valence-corrected chi connectivity index (χ1v) is 6.43. The molecule has 2 rings (SSSR count). The summed E-state index contributed by atoms with van der Waals surface area (Å²) < 4.78 is 0. The van der Waals surface area contributed by atoms with Crippen LogP contribution in [-0.2, 0) is 6.42 Å². The van der Waals surface area contributed by atoms with Crippen LogP contribution in [0.2, 0.25) is 0 Å². The van der Waals surface area contributed by atoms with Crippen molar-refractivity contribution >= 4 is 11.8 Å². The first kappa shape index (κ1) is 11.0. The fourth-order valence-corrected chi connectivity index (χ4v) is 3.68. The molecule has 82 valence electrons. The Morgan fingerprint density at radius 3 is 2.80 bits per heavy atom. The maximum absolute atomic E-state index is 5.78. The van der Waals surface area contributed by atoms with Gasteiger partial charge in [0.1, 0.15) is 0 Å². The number of nitrogens with two attached hydrogens (primary N) is 1.